The zero-order valence-corrected chi connectivity index (χ0v) is 13.8. The number of amides is 1. The molecule has 0 aliphatic carbocycles. The van der Waals surface area contributed by atoms with Crippen molar-refractivity contribution in [2.75, 3.05) is 26.7 Å². The predicted octanol–water partition coefficient (Wildman–Crippen LogP) is 2.36. The number of rotatable bonds is 5. The highest BCUT2D eigenvalue weighted by Crippen LogP contribution is 2.20. The lowest BCUT2D eigenvalue weighted by Gasteiger charge is -2.21. The topological polar surface area (TPSA) is 60.9 Å². The summed E-state index contributed by atoms with van der Waals surface area (Å²) in [4.78, 5) is 26.6. The zero-order valence-electron chi connectivity index (χ0n) is 12.3. The molecule has 1 N–H and O–H groups in total. The summed E-state index contributed by atoms with van der Waals surface area (Å²) in [7, 11) is 1.71. The van der Waals surface area contributed by atoms with E-state index in [0.717, 1.165) is 5.56 Å². The molecule has 1 aliphatic rings. The van der Waals surface area contributed by atoms with Crippen LogP contribution in [0.2, 0.25) is 10.0 Å². The van der Waals surface area contributed by atoms with E-state index >= 15 is 0 Å². The number of carboxylic acid groups (broad SMARTS) is 1. The summed E-state index contributed by atoms with van der Waals surface area (Å²) in [5.41, 5.74) is 0.859. The van der Waals surface area contributed by atoms with Crippen molar-refractivity contribution in [1.82, 2.24) is 9.80 Å². The Morgan fingerprint density at radius 2 is 1.95 bits per heavy atom. The normalized spacial score (nSPS) is 18.4. The van der Waals surface area contributed by atoms with Gasteiger partial charge < -0.3 is 10.0 Å². The fraction of sp³-hybridized carbons (Fsp3) is 0.467. The number of likely N-dealkylation sites (tertiary alicyclic amines) is 1. The molecular weight excluding hydrogens is 327 g/mol. The minimum atomic E-state index is -0.795. The molecule has 0 radical (unpaired) electrons. The predicted molar refractivity (Wildman–Crippen MR) is 85.1 cm³/mol. The highest BCUT2D eigenvalue weighted by Gasteiger charge is 2.29. The molecule has 5 nitrogen and oxygen atoms in total. The Labute approximate surface area is 139 Å². The number of carbonyl (C=O) groups is 2. The second-order valence-electron chi connectivity index (χ2n) is 5.59. The van der Waals surface area contributed by atoms with Gasteiger partial charge >= 0.3 is 5.97 Å². The molecule has 120 valence electrons. The van der Waals surface area contributed by atoms with Crippen molar-refractivity contribution in [2.24, 2.45) is 5.92 Å². The fourth-order valence-corrected chi connectivity index (χ4v) is 3.13. The maximum atomic E-state index is 12.2. The van der Waals surface area contributed by atoms with Crippen LogP contribution in [0.1, 0.15) is 12.0 Å². The van der Waals surface area contributed by atoms with Gasteiger partial charge in [0.25, 0.3) is 0 Å². The Hall–Kier alpha value is -1.30. The number of benzene rings is 1. The monoisotopic (exact) mass is 344 g/mol. The van der Waals surface area contributed by atoms with Crippen molar-refractivity contribution < 1.29 is 14.7 Å². The number of hydrogen-bond acceptors (Lipinski definition) is 3. The van der Waals surface area contributed by atoms with E-state index in [9.17, 15) is 9.59 Å². The van der Waals surface area contributed by atoms with Gasteiger partial charge in [-0.15, -0.1) is 0 Å². The molecule has 1 fully saturated rings. The quantitative estimate of drug-likeness (QED) is 0.890. The third-order valence-electron chi connectivity index (χ3n) is 3.75. The maximum Gasteiger partial charge on any atom is 0.307 e. The second kappa shape index (κ2) is 7.31. The van der Waals surface area contributed by atoms with Gasteiger partial charge in [-0.05, 0) is 36.7 Å². The molecular formula is C15H18Cl2N2O3. The largest absolute Gasteiger partial charge is 0.481 e. The molecule has 0 aromatic heterocycles. The van der Waals surface area contributed by atoms with Crippen LogP contribution in [0.5, 0.6) is 0 Å². The molecule has 0 bridgehead atoms. The lowest BCUT2D eigenvalue weighted by atomic mass is 10.1. The van der Waals surface area contributed by atoms with Gasteiger partial charge in [0.15, 0.2) is 0 Å². The number of nitrogens with zero attached hydrogens (tertiary/aromatic N) is 2. The van der Waals surface area contributed by atoms with Crippen molar-refractivity contribution in [1.29, 1.82) is 0 Å². The van der Waals surface area contributed by atoms with Crippen LogP contribution < -0.4 is 0 Å². The molecule has 1 aliphatic heterocycles. The molecule has 1 unspecified atom stereocenters. The van der Waals surface area contributed by atoms with E-state index in [2.05, 4.69) is 0 Å². The first kappa shape index (κ1) is 17.1. The van der Waals surface area contributed by atoms with E-state index in [0.29, 0.717) is 36.1 Å². The zero-order chi connectivity index (χ0) is 16.3. The van der Waals surface area contributed by atoms with Gasteiger partial charge in [0.2, 0.25) is 5.91 Å². The highest BCUT2D eigenvalue weighted by molar-refractivity contribution is 6.34. The van der Waals surface area contributed by atoms with Crippen molar-refractivity contribution in [3.05, 3.63) is 33.8 Å². The molecule has 2 rings (SSSR count). The van der Waals surface area contributed by atoms with Gasteiger partial charge in [-0.25, -0.2) is 0 Å². The number of likely N-dealkylation sites (N-methyl/N-ethyl adjacent to an activating group) is 1. The smallest absolute Gasteiger partial charge is 0.307 e. The van der Waals surface area contributed by atoms with Crippen LogP contribution in [-0.2, 0) is 16.1 Å². The van der Waals surface area contributed by atoms with E-state index < -0.39 is 5.97 Å². The first-order valence-electron chi connectivity index (χ1n) is 6.99. The van der Waals surface area contributed by atoms with Gasteiger partial charge in [0.05, 0.1) is 12.5 Å². The summed E-state index contributed by atoms with van der Waals surface area (Å²) in [6, 6.07) is 5.19. The molecule has 1 aromatic rings. The Morgan fingerprint density at radius 3 is 2.50 bits per heavy atom. The Kier molecular flexibility index (Phi) is 5.67. The Balaban J connectivity index is 1.88. The van der Waals surface area contributed by atoms with E-state index in [1.54, 1.807) is 30.1 Å². The molecule has 22 heavy (non-hydrogen) atoms. The summed E-state index contributed by atoms with van der Waals surface area (Å²) in [6.45, 7) is 1.71. The van der Waals surface area contributed by atoms with Crippen LogP contribution in [0.25, 0.3) is 0 Å². The summed E-state index contributed by atoms with van der Waals surface area (Å²) in [5, 5.41) is 10.0. The lowest BCUT2D eigenvalue weighted by Crippen LogP contribution is -2.37. The van der Waals surface area contributed by atoms with Crippen molar-refractivity contribution in [2.45, 2.75) is 13.0 Å². The summed E-state index contributed by atoms with van der Waals surface area (Å²) in [6.07, 6.45) is 0.593. The Morgan fingerprint density at radius 1 is 1.32 bits per heavy atom. The number of hydrogen-bond donors (Lipinski definition) is 1. The van der Waals surface area contributed by atoms with E-state index in [1.165, 1.54) is 0 Å². The van der Waals surface area contributed by atoms with Gasteiger partial charge in [0, 0.05) is 30.2 Å². The van der Waals surface area contributed by atoms with Crippen LogP contribution in [0.3, 0.4) is 0 Å². The molecule has 0 spiro atoms. The molecule has 7 heteroatoms. The Bertz CT molecular complexity index is 560. The second-order valence-corrected chi connectivity index (χ2v) is 6.46. The van der Waals surface area contributed by atoms with Crippen LogP contribution >= 0.6 is 23.2 Å². The van der Waals surface area contributed by atoms with Crippen LogP contribution in [0.15, 0.2) is 18.2 Å². The summed E-state index contributed by atoms with van der Waals surface area (Å²) in [5.74, 6) is -1.22. The third kappa shape index (κ3) is 4.60. The van der Waals surface area contributed by atoms with Crippen molar-refractivity contribution in [3.8, 4) is 0 Å². The van der Waals surface area contributed by atoms with Crippen LogP contribution in [0.4, 0.5) is 0 Å². The standard InChI is InChI=1S/C15H18Cl2N2O3/c1-18(7-10-4-12(16)6-13(17)5-10)14(20)9-19-3-2-11(8-19)15(21)22/h4-6,11H,2-3,7-9H2,1H3,(H,21,22). The van der Waals surface area contributed by atoms with Gasteiger partial charge in [-0.3, -0.25) is 14.5 Å². The molecule has 1 aromatic carbocycles. The van der Waals surface area contributed by atoms with E-state index in [1.807, 2.05) is 4.90 Å². The third-order valence-corrected chi connectivity index (χ3v) is 4.18. The SMILES string of the molecule is CN(Cc1cc(Cl)cc(Cl)c1)C(=O)CN1CCC(C(=O)O)C1. The maximum absolute atomic E-state index is 12.2. The van der Waals surface area contributed by atoms with Crippen molar-refractivity contribution >= 4 is 35.1 Å². The van der Waals surface area contributed by atoms with Gasteiger partial charge in [-0.2, -0.15) is 0 Å². The van der Waals surface area contributed by atoms with Gasteiger partial charge in [0.1, 0.15) is 0 Å². The minimum absolute atomic E-state index is 0.0536. The molecule has 1 atom stereocenters. The highest BCUT2D eigenvalue weighted by atomic mass is 35.5. The average molecular weight is 345 g/mol. The van der Waals surface area contributed by atoms with Crippen molar-refractivity contribution in [3.63, 3.8) is 0 Å². The molecule has 1 saturated heterocycles. The lowest BCUT2D eigenvalue weighted by molar-refractivity contribution is -0.141. The number of halogens is 2. The summed E-state index contributed by atoms with van der Waals surface area (Å²) < 4.78 is 0. The first-order chi connectivity index (χ1) is 10.3. The fourth-order valence-electron chi connectivity index (χ4n) is 2.55. The summed E-state index contributed by atoms with van der Waals surface area (Å²) >= 11 is 11.9. The van der Waals surface area contributed by atoms with E-state index in [4.69, 9.17) is 28.3 Å². The number of carbonyl (C=O) groups excluding carboxylic acids is 1. The first-order valence-corrected chi connectivity index (χ1v) is 7.75. The number of carboxylic acids is 1. The molecule has 0 saturated carbocycles. The van der Waals surface area contributed by atoms with Crippen LogP contribution in [0, 0.1) is 5.92 Å². The average Bonchev–Trinajstić information content (AvgIpc) is 2.86. The van der Waals surface area contributed by atoms with Crippen LogP contribution in [-0.4, -0.2) is 53.5 Å². The molecule has 1 heterocycles. The van der Waals surface area contributed by atoms with E-state index in [-0.39, 0.29) is 18.4 Å². The molecule has 1 amide bonds. The van der Waals surface area contributed by atoms with Gasteiger partial charge in [-0.1, -0.05) is 23.2 Å². The number of aliphatic carboxylic acids is 1. The minimum Gasteiger partial charge on any atom is -0.481 e.